The average molecular weight is 161 g/mol. The minimum Gasteiger partial charge on any atom is -0.313 e. The van der Waals surface area contributed by atoms with Crippen molar-refractivity contribution < 1.29 is 0 Å². The van der Waals surface area contributed by atoms with Crippen LogP contribution in [0.25, 0.3) is 6.08 Å². The van der Waals surface area contributed by atoms with E-state index in [1.165, 1.54) is 11.1 Å². The molecule has 0 atom stereocenters. The van der Waals surface area contributed by atoms with Crippen LogP contribution in [0.5, 0.6) is 0 Å². The molecule has 1 aromatic carbocycles. The summed E-state index contributed by atoms with van der Waals surface area (Å²) in [4.78, 5) is 0. The second kappa shape index (κ2) is 4.73. The molecule has 0 aliphatic rings. The van der Waals surface area contributed by atoms with E-state index in [1.807, 2.05) is 12.1 Å². The molecule has 0 unspecified atom stereocenters. The summed E-state index contributed by atoms with van der Waals surface area (Å²) >= 11 is 0. The van der Waals surface area contributed by atoms with Gasteiger partial charge < -0.3 is 5.32 Å². The summed E-state index contributed by atoms with van der Waals surface area (Å²) in [5.74, 6) is 0. The van der Waals surface area contributed by atoms with Crippen molar-refractivity contribution in [2.75, 3.05) is 6.54 Å². The van der Waals surface area contributed by atoms with Crippen LogP contribution in [0.2, 0.25) is 0 Å². The van der Waals surface area contributed by atoms with Gasteiger partial charge in [0.1, 0.15) is 0 Å². The highest BCUT2D eigenvalue weighted by molar-refractivity contribution is 5.51. The Kier molecular flexibility index (Phi) is 3.55. The van der Waals surface area contributed by atoms with Gasteiger partial charge in [-0.15, -0.1) is 0 Å². The van der Waals surface area contributed by atoms with E-state index in [0.29, 0.717) is 0 Å². The number of nitrogens with one attached hydrogen (secondary N) is 1. The van der Waals surface area contributed by atoms with E-state index in [-0.39, 0.29) is 0 Å². The van der Waals surface area contributed by atoms with Crippen LogP contribution in [0.1, 0.15) is 18.1 Å². The van der Waals surface area contributed by atoms with Crippen LogP contribution in [0, 0.1) is 0 Å². The lowest BCUT2D eigenvalue weighted by molar-refractivity contribution is 0.726. The molecular weight excluding hydrogens is 146 g/mol. The fourth-order valence-corrected chi connectivity index (χ4v) is 1.15. The maximum absolute atomic E-state index is 3.77. The summed E-state index contributed by atoms with van der Waals surface area (Å²) in [5, 5.41) is 3.29. The summed E-state index contributed by atoms with van der Waals surface area (Å²) in [7, 11) is 0. The molecule has 0 aromatic heterocycles. The smallest absolute Gasteiger partial charge is 0.0211 e. The first-order valence-corrected chi connectivity index (χ1v) is 4.29. The van der Waals surface area contributed by atoms with Gasteiger partial charge in [-0.05, 0) is 17.7 Å². The Morgan fingerprint density at radius 1 is 1.42 bits per heavy atom. The molecule has 0 saturated heterocycles. The van der Waals surface area contributed by atoms with Crippen LogP contribution in [-0.2, 0) is 6.54 Å². The van der Waals surface area contributed by atoms with Crippen molar-refractivity contribution in [3.8, 4) is 0 Å². The van der Waals surface area contributed by atoms with Gasteiger partial charge in [-0.1, -0.05) is 43.8 Å². The Morgan fingerprint density at radius 2 is 2.17 bits per heavy atom. The molecule has 1 rings (SSSR count). The molecule has 1 aromatic rings. The fourth-order valence-electron chi connectivity index (χ4n) is 1.15. The fraction of sp³-hybridized carbons (Fsp3) is 0.273. The third-order valence-electron chi connectivity index (χ3n) is 1.84. The van der Waals surface area contributed by atoms with Crippen LogP contribution in [0.3, 0.4) is 0 Å². The van der Waals surface area contributed by atoms with Crippen LogP contribution < -0.4 is 5.32 Å². The van der Waals surface area contributed by atoms with Gasteiger partial charge in [0.25, 0.3) is 0 Å². The highest BCUT2D eigenvalue weighted by atomic mass is 14.8. The third-order valence-corrected chi connectivity index (χ3v) is 1.84. The Morgan fingerprint density at radius 3 is 2.83 bits per heavy atom. The predicted octanol–water partition coefficient (Wildman–Crippen LogP) is 2.44. The predicted molar refractivity (Wildman–Crippen MR) is 53.9 cm³/mol. The molecule has 0 saturated carbocycles. The van der Waals surface area contributed by atoms with E-state index < -0.39 is 0 Å². The highest BCUT2D eigenvalue weighted by Crippen LogP contribution is 2.08. The molecule has 0 bridgehead atoms. The van der Waals surface area contributed by atoms with E-state index in [0.717, 1.165) is 13.1 Å². The summed E-state index contributed by atoms with van der Waals surface area (Å²) in [6.45, 7) is 7.81. The zero-order chi connectivity index (χ0) is 8.81. The SMILES string of the molecule is C=Cc1ccccc1CNCC. The molecule has 1 N–H and O–H groups in total. The minimum absolute atomic E-state index is 0.929. The molecule has 0 spiro atoms. The van der Waals surface area contributed by atoms with Gasteiger partial charge in [0.15, 0.2) is 0 Å². The number of rotatable bonds is 4. The summed E-state index contributed by atoms with van der Waals surface area (Å²) in [6.07, 6.45) is 1.90. The van der Waals surface area contributed by atoms with Crippen LogP contribution in [0.15, 0.2) is 30.8 Å². The van der Waals surface area contributed by atoms with Crippen LogP contribution >= 0.6 is 0 Å². The molecule has 1 nitrogen and oxygen atoms in total. The van der Waals surface area contributed by atoms with Crippen molar-refractivity contribution >= 4 is 6.08 Å². The molecule has 1 heteroatoms. The molecule has 0 radical (unpaired) electrons. The lowest BCUT2D eigenvalue weighted by Crippen LogP contribution is -2.12. The van der Waals surface area contributed by atoms with Gasteiger partial charge in [0.2, 0.25) is 0 Å². The largest absolute Gasteiger partial charge is 0.313 e. The van der Waals surface area contributed by atoms with Gasteiger partial charge in [-0.25, -0.2) is 0 Å². The van der Waals surface area contributed by atoms with Crippen molar-refractivity contribution in [3.63, 3.8) is 0 Å². The zero-order valence-corrected chi connectivity index (χ0v) is 7.51. The van der Waals surface area contributed by atoms with Crippen molar-refractivity contribution in [2.45, 2.75) is 13.5 Å². The van der Waals surface area contributed by atoms with Crippen LogP contribution in [-0.4, -0.2) is 6.54 Å². The summed E-state index contributed by atoms with van der Waals surface area (Å²) < 4.78 is 0. The van der Waals surface area contributed by atoms with Gasteiger partial charge in [0.05, 0.1) is 0 Å². The van der Waals surface area contributed by atoms with E-state index in [2.05, 4.69) is 37.0 Å². The van der Waals surface area contributed by atoms with E-state index >= 15 is 0 Å². The Bertz CT molecular complexity index is 253. The number of hydrogen-bond donors (Lipinski definition) is 1. The lowest BCUT2D eigenvalue weighted by Gasteiger charge is -2.05. The summed E-state index contributed by atoms with van der Waals surface area (Å²) in [5.41, 5.74) is 2.54. The first kappa shape index (κ1) is 9.01. The first-order chi connectivity index (χ1) is 5.88. The second-order valence-electron chi connectivity index (χ2n) is 2.68. The number of hydrogen-bond acceptors (Lipinski definition) is 1. The van der Waals surface area contributed by atoms with Gasteiger partial charge in [0, 0.05) is 6.54 Å². The van der Waals surface area contributed by atoms with Crippen LogP contribution in [0.4, 0.5) is 0 Å². The zero-order valence-electron chi connectivity index (χ0n) is 7.51. The summed E-state index contributed by atoms with van der Waals surface area (Å²) in [6, 6.07) is 8.30. The molecule has 0 fully saturated rings. The monoisotopic (exact) mass is 161 g/mol. The normalized spacial score (nSPS) is 9.75. The Labute approximate surface area is 74.1 Å². The maximum Gasteiger partial charge on any atom is 0.0211 e. The molecule has 0 aliphatic heterocycles. The quantitative estimate of drug-likeness (QED) is 0.715. The van der Waals surface area contributed by atoms with Crippen molar-refractivity contribution in [1.82, 2.24) is 5.32 Å². The van der Waals surface area contributed by atoms with Crippen molar-refractivity contribution in [2.24, 2.45) is 0 Å². The van der Waals surface area contributed by atoms with E-state index in [4.69, 9.17) is 0 Å². The first-order valence-electron chi connectivity index (χ1n) is 4.29. The standard InChI is InChI=1S/C11H15N/c1-3-10-7-5-6-8-11(10)9-12-4-2/h3,5-8,12H,1,4,9H2,2H3. The van der Waals surface area contributed by atoms with Crippen molar-refractivity contribution in [3.05, 3.63) is 42.0 Å². The molecule has 12 heavy (non-hydrogen) atoms. The average Bonchev–Trinajstić information content (AvgIpc) is 2.15. The van der Waals surface area contributed by atoms with E-state index in [9.17, 15) is 0 Å². The van der Waals surface area contributed by atoms with Gasteiger partial charge in [-0.3, -0.25) is 0 Å². The molecule has 0 heterocycles. The molecule has 0 amide bonds. The topological polar surface area (TPSA) is 12.0 Å². The Balaban J connectivity index is 2.75. The molecule has 0 aliphatic carbocycles. The van der Waals surface area contributed by atoms with Gasteiger partial charge in [-0.2, -0.15) is 0 Å². The van der Waals surface area contributed by atoms with E-state index in [1.54, 1.807) is 0 Å². The van der Waals surface area contributed by atoms with Crippen molar-refractivity contribution in [1.29, 1.82) is 0 Å². The molecular formula is C11H15N. The maximum atomic E-state index is 3.77. The lowest BCUT2D eigenvalue weighted by atomic mass is 10.1. The molecule has 64 valence electrons. The Hall–Kier alpha value is -1.08. The number of benzene rings is 1. The third kappa shape index (κ3) is 2.21. The second-order valence-corrected chi connectivity index (χ2v) is 2.68. The minimum atomic E-state index is 0.929. The van der Waals surface area contributed by atoms with Gasteiger partial charge >= 0.3 is 0 Å². The highest BCUT2D eigenvalue weighted by Gasteiger charge is 1.95.